The summed E-state index contributed by atoms with van der Waals surface area (Å²) in [5, 5.41) is 2.22. The maximum absolute atomic E-state index is 13.9. The SMILES string of the molecule is CC[C@H](C)c1ccc(NC(=O)c2c(F)c(F)c(OC)c(F)c2F)cc1. The topological polar surface area (TPSA) is 38.3 Å². The van der Waals surface area contributed by atoms with E-state index in [1.54, 1.807) is 24.3 Å². The van der Waals surface area contributed by atoms with Crippen LogP contribution in [0.3, 0.4) is 0 Å². The Kier molecular flexibility index (Phi) is 5.66. The average molecular weight is 355 g/mol. The second-order valence-corrected chi connectivity index (χ2v) is 5.55. The first-order chi connectivity index (χ1) is 11.8. The molecule has 1 N–H and O–H groups in total. The molecule has 0 bridgehead atoms. The summed E-state index contributed by atoms with van der Waals surface area (Å²) >= 11 is 0. The van der Waals surface area contributed by atoms with E-state index in [-0.39, 0.29) is 5.69 Å². The highest BCUT2D eigenvalue weighted by Gasteiger charge is 2.30. The molecule has 1 atom stereocenters. The number of halogens is 4. The van der Waals surface area contributed by atoms with Gasteiger partial charge in [0.15, 0.2) is 17.4 Å². The van der Waals surface area contributed by atoms with Crippen molar-refractivity contribution >= 4 is 11.6 Å². The van der Waals surface area contributed by atoms with E-state index in [1.807, 2.05) is 13.8 Å². The molecule has 0 radical (unpaired) electrons. The zero-order valence-electron chi connectivity index (χ0n) is 13.9. The van der Waals surface area contributed by atoms with E-state index in [4.69, 9.17) is 0 Å². The predicted molar refractivity (Wildman–Crippen MR) is 85.9 cm³/mol. The Morgan fingerprint density at radius 3 is 2.00 bits per heavy atom. The molecule has 25 heavy (non-hydrogen) atoms. The Hall–Kier alpha value is -2.57. The fourth-order valence-corrected chi connectivity index (χ4v) is 2.31. The van der Waals surface area contributed by atoms with Crippen molar-refractivity contribution in [2.75, 3.05) is 12.4 Å². The summed E-state index contributed by atoms with van der Waals surface area (Å²) in [4.78, 5) is 12.1. The molecule has 1 amide bonds. The third-order valence-electron chi connectivity index (χ3n) is 4.00. The molecule has 134 valence electrons. The lowest BCUT2D eigenvalue weighted by Gasteiger charge is -2.12. The maximum atomic E-state index is 13.9. The van der Waals surface area contributed by atoms with Gasteiger partial charge in [0.25, 0.3) is 5.91 Å². The highest BCUT2D eigenvalue weighted by atomic mass is 19.2. The van der Waals surface area contributed by atoms with Crippen molar-refractivity contribution in [3.05, 3.63) is 58.7 Å². The number of methoxy groups -OCH3 is 1. The van der Waals surface area contributed by atoms with Gasteiger partial charge in [0.2, 0.25) is 11.6 Å². The van der Waals surface area contributed by atoms with E-state index >= 15 is 0 Å². The number of hydrogen-bond donors (Lipinski definition) is 1. The lowest BCUT2D eigenvalue weighted by molar-refractivity contribution is 0.101. The molecule has 3 nitrogen and oxygen atoms in total. The highest BCUT2D eigenvalue weighted by molar-refractivity contribution is 6.04. The molecule has 0 aliphatic carbocycles. The molecule has 0 aromatic heterocycles. The molecule has 0 aliphatic rings. The smallest absolute Gasteiger partial charge is 0.261 e. The summed E-state index contributed by atoms with van der Waals surface area (Å²) in [5.41, 5.74) is -0.0753. The van der Waals surface area contributed by atoms with Gasteiger partial charge >= 0.3 is 0 Å². The number of amides is 1. The summed E-state index contributed by atoms with van der Waals surface area (Å²) in [6, 6.07) is 6.61. The van der Waals surface area contributed by atoms with Crippen LogP contribution in [0.4, 0.5) is 23.2 Å². The Morgan fingerprint density at radius 2 is 1.56 bits per heavy atom. The molecule has 0 saturated heterocycles. The van der Waals surface area contributed by atoms with Crippen molar-refractivity contribution in [3.63, 3.8) is 0 Å². The molecular formula is C18H17F4NO2. The zero-order chi connectivity index (χ0) is 18.7. The van der Waals surface area contributed by atoms with Gasteiger partial charge < -0.3 is 10.1 Å². The second-order valence-electron chi connectivity index (χ2n) is 5.55. The van der Waals surface area contributed by atoms with Gasteiger partial charge in [0.1, 0.15) is 5.56 Å². The predicted octanol–water partition coefficient (Wildman–Crippen LogP) is 5.02. The van der Waals surface area contributed by atoms with Crippen molar-refractivity contribution in [2.24, 2.45) is 0 Å². The summed E-state index contributed by atoms with van der Waals surface area (Å²) in [7, 11) is 0.860. The van der Waals surface area contributed by atoms with Crippen LogP contribution >= 0.6 is 0 Å². The zero-order valence-corrected chi connectivity index (χ0v) is 13.9. The van der Waals surface area contributed by atoms with E-state index in [0.29, 0.717) is 5.92 Å². The first-order valence-corrected chi connectivity index (χ1v) is 7.63. The van der Waals surface area contributed by atoms with E-state index in [0.717, 1.165) is 19.1 Å². The molecular weight excluding hydrogens is 338 g/mol. The van der Waals surface area contributed by atoms with Gasteiger partial charge in [-0.25, -0.2) is 8.78 Å². The van der Waals surface area contributed by atoms with Crippen LogP contribution < -0.4 is 10.1 Å². The van der Waals surface area contributed by atoms with Crippen molar-refractivity contribution in [1.82, 2.24) is 0 Å². The number of rotatable bonds is 5. The van der Waals surface area contributed by atoms with Gasteiger partial charge in [-0.2, -0.15) is 8.78 Å². The maximum Gasteiger partial charge on any atom is 0.261 e. The average Bonchev–Trinajstić information content (AvgIpc) is 2.60. The first-order valence-electron chi connectivity index (χ1n) is 7.63. The number of carbonyl (C=O) groups excluding carboxylic acids is 1. The Bertz CT molecular complexity index is 762. The molecule has 0 unspecified atom stereocenters. The Morgan fingerprint density at radius 1 is 1.04 bits per heavy atom. The normalized spacial score (nSPS) is 12.0. The van der Waals surface area contributed by atoms with Crippen molar-refractivity contribution in [3.8, 4) is 5.75 Å². The fraction of sp³-hybridized carbons (Fsp3) is 0.278. The Balaban J connectivity index is 2.33. The van der Waals surface area contributed by atoms with Crippen molar-refractivity contribution < 1.29 is 27.1 Å². The number of benzene rings is 2. The molecule has 2 aromatic carbocycles. The molecule has 0 heterocycles. The van der Waals surface area contributed by atoms with Gasteiger partial charge in [-0.05, 0) is 30.0 Å². The number of nitrogens with one attached hydrogen (secondary N) is 1. The quantitative estimate of drug-likeness (QED) is 0.604. The van der Waals surface area contributed by atoms with Crippen LogP contribution in [-0.2, 0) is 0 Å². The van der Waals surface area contributed by atoms with E-state index in [1.165, 1.54) is 0 Å². The largest absolute Gasteiger partial charge is 0.491 e. The highest BCUT2D eigenvalue weighted by Crippen LogP contribution is 2.30. The fourth-order valence-electron chi connectivity index (χ4n) is 2.31. The number of ether oxygens (including phenoxy) is 1. The van der Waals surface area contributed by atoms with E-state index in [2.05, 4.69) is 10.1 Å². The van der Waals surface area contributed by atoms with Crippen LogP contribution in [0, 0.1) is 23.3 Å². The van der Waals surface area contributed by atoms with Crippen molar-refractivity contribution in [2.45, 2.75) is 26.2 Å². The van der Waals surface area contributed by atoms with Crippen LogP contribution in [0.25, 0.3) is 0 Å². The van der Waals surface area contributed by atoms with Gasteiger partial charge in [-0.1, -0.05) is 26.0 Å². The minimum atomic E-state index is -1.82. The van der Waals surface area contributed by atoms with Crippen LogP contribution in [0.15, 0.2) is 24.3 Å². The van der Waals surface area contributed by atoms with Crippen LogP contribution in [-0.4, -0.2) is 13.0 Å². The molecule has 2 rings (SSSR count). The lowest BCUT2D eigenvalue weighted by Crippen LogP contribution is -2.18. The van der Waals surface area contributed by atoms with Crippen LogP contribution in [0.5, 0.6) is 5.75 Å². The number of hydrogen-bond acceptors (Lipinski definition) is 2. The summed E-state index contributed by atoms with van der Waals surface area (Å²) in [6.07, 6.45) is 0.923. The van der Waals surface area contributed by atoms with Gasteiger partial charge in [0, 0.05) is 5.69 Å². The monoisotopic (exact) mass is 355 g/mol. The molecule has 0 aliphatic heterocycles. The standard InChI is InChI=1S/C18H17F4NO2/c1-4-9(2)10-5-7-11(8-6-10)23-18(24)12-13(19)15(21)17(25-3)16(22)14(12)20/h5-9H,4H2,1-3H3,(H,23,24)/t9-/m0/s1. The van der Waals surface area contributed by atoms with Gasteiger partial charge in [0.05, 0.1) is 7.11 Å². The molecule has 7 heteroatoms. The molecule has 0 fully saturated rings. The van der Waals surface area contributed by atoms with Gasteiger partial charge in [-0.3, -0.25) is 4.79 Å². The van der Waals surface area contributed by atoms with E-state index in [9.17, 15) is 22.4 Å². The lowest BCUT2D eigenvalue weighted by atomic mass is 9.98. The van der Waals surface area contributed by atoms with Crippen LogP contribution in [0.2, 0.25) is 0 Å². The second kappa shape index (κ2) is 7.55. The summed E-state index contributed by atoms with van der Waals surface area (Å²) in [6.45, 7) is 4.06. The molecule has 0 spiro atoms. The number of anilines is 1. The first kappa shape index (κ1) is 18.8. The van der Waals surface area contributed by atoms with Crippen LogP contribution in [0.1, 0.15) is 42.1 Å². The van der Waals surface area contributed by atoms with Crippen molar-refractivity contribution in [1.29, 1.82) is 0 Å². The molecule has 2 aromatic rings. The Labute approximate surface area is 142 Å². The van der Waals surface area contributed by atoms with E-state index < -0.39 is 40.5 Å². The molecule has 0 saturated carbocycles. The van der Waals surface area contributed by atoms with Gasteiger partial charge in [-0.15, -0.1) is 0 Å². The third-order valence-corrected chi connectivity index (χ3v) is 4.00. The summed E-state index contributed by atoms with van der Waals surface area (Å²) in [5.74, 6) is -9.37. The minimum absolute atomic E-state index is 0.243. The number of carbonyl (C=O) groups is 1. The third kappa shape index (κ3) is 3.60. The summed E-state index contributed by atoms with van der Waals surface area (Å²) < 4.78 is 59.5. The minimum Gasteiger partial charge on any atom is -0.491 e.